The standard InChI is InChI=1S/C18H28N2/c1-13(18(3,4)5)11-19-12-17-14(2)15-9-7-8-10-16(15)20(17)6/h7-10,13,19H,11-12H2,1-6H3. The number of hydrogen-bond acceptors (Lipinski definition) is 1. The van der Waals surface area contributed by atoms with Crippen LogP contribution >= 0.6 is 0 Å². The molecule has 1 aromatic carbocycles. The Kier molecular flexibility index (Phi) is 4.24. The van der Waals surface area contributed by atoms with Gasteiger partial charge in [-0.25, -0.2) is 0 Å². The summed E-state index contributed by atoms with van der Waals surface area (Å²) in [7, 11) is 2.17. The van der Waals surface area contributed by atoms with Crippen molar-refractivity contribution in [1.82, 2.24) is 9.88 Å². The van der Waals surface area contributed by atoms with Crippen molar-refractivity contribution in [3.63, 3.8) is 0 Å². The fraction of sp³-hybridized carbons (Fsp3) is 0.556. The number of aromatic nitrogens is 1. The third-order valence-corrected chi connectivity index (χ3v) is 4.73. The van der Waals surface area contributed by atoms with Gasteiger partial charge in [-0.3, -0.25) is 0 Å². The van der Waals surface area contributed by atoms with Gasteiger partial charge in [0.15, 0.2) is 0 Å². The molecule has 0 bridgehead atoms. The molecule has 1 aromatic heterocycles. The molecule has 1 heterocycles. The molecule has 2 heteroatoms. The fourth-order valence-electron chi connectivity index (χ4n) is 2.60. The molecule has 2 rings (SSSR count). The van der Waals surface area contributed by atoms with E-state index in [-0.39, 0.29) is 0 Å². The van der Waals surface area contributed by atoms with Crippen LogP contribution in [0.3, 0.4) is 0 Å². The smallest absolute Gasteiger partial charge is 0.0483 e. The van der Waals surface area contributed by atoms with E-state index in [1.807, 2.05) is 0 Å². The van der Waals surface area contributed by atoms with Crippen molar-refractivity contribution in [2.45, 2.75) is 41.2 Å². The van der Waals surface area contributed by atoms with E-state index in [0.717, 1.165) is 13.1 Å². The van der Waals surface area contributed by atoms with Gasteiger partial charge >= 0.3 is 0 Å². The maximum atomic E-state index is 3.63. The van der Waals surface area contributed by atoms with E-state index >= 15 is 0 Å². The van der Waals surface area contributed by atoms with Gasteiger partial charge in [-0.05, 0) is 36.4 Å². The number of fused-ring (bicyclic) bond motifs is 1. The van der Waals surface area contributed by atoms with E-state index in [9.17, 15) is 0 Å². The summed E-state index contributed by atoms with van der Waals surface area (Å²) in [6.45, 7) is 13.5. The third kappa shape index (κ3) is 2.90. The lowest BCUT2D eigenvalue weighted by Gasteiger charge is -2.27. The second-order valence-corrected chi connectivity index (χ2v) is 7.05. The zero-order chi connectivity index (χ0) is 14.9. The molecule has 2 aromatic rings. The number of nitrogens with one attached hydrogen (secondary N) is 1. The van der Waals surface area contributed by atoms with Crippen LogP contribution in [-0.2, 0) is 13.6 Å². The molecule has 110 valence electrons. The summed E-state index contributed by atoms with van der Waals surface area (Å²) in [6, 6.07) is 8.64. The van der Waals surface area contributed by atoms with Gasteiger partial charge in [0, 0.05) is 30.2 Å². The van der Waals surface area contributed by atoms with Gasteiger partial charge < -0.3 is 9.88 Å². The number of nitrogens with zero attached hydrogens (tertiary/aromatic N) is 1. The molecule has 0 saturated heterocycles. The highest BCUT2D eigenvalue weighted by Crippen LogP contribution is 2.26. The van der Waals surface area contributed by atoms with Crippen LogP contribution in [0, 0.1) is 18.3 Å². The van der Waals surface area contributed by atoms with E-state index < -0.39 is 0 Å². The number of para-hydroxylation sites is 1. The molecule has 0 fully saturated rings. The van der Waals surface area contributed by atoms with Gasteiger partial charge in [-0.1, -0.05) is 45.9 Å². The van der Waals surface area contributed by atoms with Crippen LogP contribution in [0.2, 0.25) is 0 Å². The molecule has 2 nitrogen and oxygen atoms in total. The summed E-state index contributed by atoms with van der Waals surface area (Å²) in [5, 5.41) is 5.00. The molecule has 0 spiro atoms. The minimum atomic E-state index is 0.362. The van der Waals surface area contributed by atoms with Crippen LogP contribution in [0.15, 0.2) is 24.3 Å². The summed E-state index contributed by atoms with van der Waals surface area (Å²) in [6.07, 6.45) is 0. The Balaban J connectivity index is 2.11. The maximum Gasteiger partial charge on any atom is 0.0483 e. The van der Waals surface area contributed by atoms with Gasteiger partial charge in [0.25, 0.3) is 0 Å². The van der Waals surface area contributed by atoms with Gasteiger partial charge in [0.2, 0.25) is 0 Å². The number of rotatable bonds is 4. The van der Waals surface area contributed by atoms with Crippen molar-refractivity contribution in [2.24, 2.45) is 18.4 Å². The number of aryl methyl sites for hydroxylation is 2. The Bertz CT molecular complexity index is 548. The van der Waals surface area contributed by atoms with Gasteiger partial charge in [0.1, 0.15) is 0 Å². The van der Waals surface area contributed by atoms with E-state index in [2.05, 4.69) is 75.8 Å². The van der Waals surface area contributed by atoms with Crippen LogP contribution in [0.4, 0.5) is 0 Å². The highest BCUT2D eigenvalue weighted by atomic mass is 15.0. The Labute approximate surface area is 123 Å². The quantitative estimate of drug-likeness (QED) is 0.880. The molecular formula is C18H28N2. The number of benzene rings is 1. The SMILES string of the molecule is Cc1c(CNCC(C)C(C)(C)C)n(C)c2ccccc12. The predicted octanol–water partition coefficient (Wildman–Crippen LogP) is 4.26. The largest absolute Gasteiger partial charge is 0.346 e. The molecule has 0 aliphatic carbocycles. The van der Waals surface area contributed by atoms with Crippen LogP contribution < -0.4 is 5.32 Å². The average molecular weight is 272 g/mol. The van der Waals surface area contributed by atoms with Crippen molar-refractivity contribution < 1.29 is 0 Å². The Hall–Kier alpha value is -1.28. The van der Waals surface area contributed by atoms with Gasteiger partial charge in [0.05, 0.1) is 0 Å². The zero-order valence-electron chi connectivity index (χ0n) is 13.7. The first-order valence-electron chi connectivity index (χ1n) is 7.56. The van der Waals surface area contributed by atoms with Gasteiger partial charge in [-0.2, -0.15) is 0 Å². The normalized spacial score (nSPS) is 13.9. The van der Waals surface area contributed by atoms with Crippen molar-refractivity contribution in [2.75, 3.05) is 6.54 Å². The summed E-state index contributed by atoms with van der Waals surface area (Å²) >= 11 is 0. The average Bonchev–Trinajstić information content (AvgIpc) is 2.63. The van der Waals surface area contributed by atoms with E-state index in [4.69, 9.17) is 0 Å². The highest BCUT2D eigenvalue weighted by Gasteiger charge is 2.19. The number of hydrogen-bond donors (Lipinski definition) is 1. The van der Waals surface area contributed by atoms with E-state index in [1.165, 1.54) is 22.2 Å². The second kappa shape index (κ2) is 5.61. The molecule has 1 unspecified atom stereocenters. The molecule has 20 heavy (non-hydrogen) atoms. The highest BCUT2D eigenvalue weighted by molar-refractivity contribution is 5.85. The summed E-state index contributed by atoms with van der Waals surface area (Å²) in [4.78, 5) is 0. The Morgan fingerprint density at radius 1 is 1.20 bits per heavy atom. The molecular weight excluding hydrogens is 244 g/mol. The third-order valence-electron chi connectivity index (χ3n) is 4.73. The lowest BCUT2D eigenvalue weighted by molar-refractivity contribution is 0.252. The molecule has 0 aliphatic heterocycles. The van der Waals surface area contributed by atoms with Crippen molar-refractivity contribution in [1.29, 1.82) is 0 Å². The summed E-state index contributed by atoms with van der Waals surface area (Å²) in [5.74, 6) is 0.664. The van der Waals surface area contributed by atoms with E-state index in [1.54, 1.807) is 0 Å². The topological polar surface area (TPSA) is 17.0 Å². The first-order chi connectivity index (χ1) is 9.32. The van der Waals surface area contributed by atoms with Crippen LogP contribution in [0.1, 0.15) is 39.0 Å². The molecule has 0 aliphatic rings. The van der Waals surface area contributed by atoms with Crippen LogP contribution in [-0.4, -0.2) is 11.1 Å². The molecule has 0 saturated carbocycles. The predicted molar refractivity (Wildman–Crippen MR) is 88.0 cm³/mol. The van der Waals surface area contributed by atoms with Crippen molar-refractivity contribution in [3.05, 3.63) is 35.5 Å². The maximum absolute atomic E-state index is 3.63. The molecule has 1 atom stereocenters. The minimum absolute atomic E-state index is 0.362. The second-order valence-electron chi connectivity index (χ2n) is 7.05. The van der Waals surface area contributed by atoms with Crippen molar-refractivity contribution in [3.8, 4) is 0 Å². The molecule has 1 N–H and O–H groups in total. The summed E-state index contributed by atoms with van der Waals surface area (Å²) < 4.78 is 2.32. The van der Waals surface area contributed by atoms with Crippen molar-refractivity contribution >= 4 is 10.9 Å². The zero-order valence-corrected chi connectivity index (χ0v) is 13.7. The first kappa shape index (κ1) is 15.1. The Morgan fingerprint density at radius 3 is 2.45 bits per heavy atom. The molecule has 0 amide bonds. The first-order valence-corrected chi connectivity index (χ1v) is 7.56. The lowest BCUT2D eigenvalue weighted by atomic mass is 9.82. The fourth-order valence-corrected chi connectivity index (χ4v) is 2.60. The van der Waals surface area contributed by atoms with Crippen LogP contribution in [0.25, 0.3) is 10.9 Å². The van der Waals surface area contributed by atoms with E-state index in [0.29, 0.717) is 11.3 Å². The monoisotopic (exact) mass is 272 g/mol. The summed E-state index contributed by atoms with van der Waals surface area (Å²) in [5.41, 5.74) is 4.48. The lowest BCUT2D eigenvalue weighted by Crippen LogP contribution is -2.30. The van der Waals surface area contributed by atoms with Crippen LogP contribution in [0.5, 0.6) is 0 Å². The molecule has 0 radical (unpaired) electrons. The Morgan fingerprint density at radius 2 is 1.85 bits per heavy atom. The minimum Gasteiger partial charge on any atom is -0.346 e. The van der Waals surface area contributed by atoms with Gasteiger partial charge in [-0.15, -0.1) is 0 Å².